The first-order valence-corrected chi connectivity index (χ1v) is 8.56. The number of hydrogen-bond acceptors (Lipinski definition) is 4. The number of rotatable bonds is 6. The highest BCUT2D eigenvalue weighted by Crippen LogP contribution is 2.14. The number of ether oxygens (including phenoxy) is 1. The van der Waals surface area contributed by atoms with E-state index < -0.39 is 5.60 Å². The van der Waals surface area contributed by atoms with Gasteiger partial charge in [-0.3, -0.25) is 0 Å². The number of hydrogen-bond donors (Lipinski definition) is 2. The fraction of sp³-hybridized carbons (Fsp3) is 0.941. The summed E-state index contributed by atoms with van der Waals surface area (Å²) < 4.78 is 5.29. The van der Waals surface area contributed by atoms with Gasteiger partial charge >= 0.3 is 6.09 Å². The Morgan fingerprint density at radius 2 is 2.05 bits per heavy atom. The normalized spacial score (nSPS) is 21.7. The molecule has 1 saturated heterocycles. The molecule has 1 aliphatic rings. The maximum absolute atomic E-state index is 11.8. The molecule has 0 spiro atoms. The number of likely N-dealkylation sites (tertiary alicyclic amines) is 1. The molecule has 5 nitrogen and oxygen atoms in total. The molecular weight excluding hydrogens is 278 g/mol. The highest BCUT2D eigenvalue weighted by molar-refractivity contribution is 5.67. The largest absolute Gasteiger partial charge is 0.444 e. The molecule has 0 aromatic heterocycles. The number of carbonyl (C=O) groups excluding carboxylic acids is 1. The van der Waals surface area contributed by atoms with Crippen molar-refractivity contribution in [2.45, 2.75) is 59.1 Å². The van der Waals surface area contributed by atoms with E-state index in [1.165, 1.54) is 19.4 Å². The van der Waals surface area contributed by atoms with Crippen LogP contribution in [0.25, 0.3) is 0 Å². The van der Waals surface area contributed by atoms with Crippen molar-refractivity contribution in [3.8, 4) is 0 Å². The molecule has 2 atom stereocenters. The van der Waals surface area contributed by atoms with Gasteiger partial charge in [0.1, 0.15) is 5.60 Å². The maximum Gasteiger partial charge on any atom is 0.407 e. The Balaban J connectivity index is 2.34. The Labute approximate surface area is 136 Å². The first kappa shape index (κ1) is 19.2. The highest BCUT2D eigenvalue weighted by Gasteiger charge is 2.21. The second kappa shape index (κ2) is 8.73. The smallest absolute Gasteiger partial charge is 0.407 e. The molecule has 1 fully saturated rings. The van der Waals surface area contributed by atoms with Gasteiger partial charge in [-0.05, 0) is 65.6 Å². The van der Waals surface area contributed by atoms with Crippen LogP contribution in [0.2, 0.25) is 0 Å². The van der Waals surface area contributed by atoms with Gasteiger partial charge in [0.15, 0.2) is 0 Å². The second-order valence-corrected chi connectivity index (χ2v) is 7.91. The fourth-order valence-corrected chi connectivity index (χ4v) is 2.81. The lowest BCUT2D eigenvalue weighted by molar-refractivity contribution is 0.0518. The monoisotopic (exact) mass is 313 g/mol. The van der Waals surface area contributed by atoms with Crippen LogP contribution in [0.5, 0.6) is 0 Å². The Morgan fingerprint density at radius 1 is 1.36 bits per heavy atom. The summed E-state index contributed by atoms with van der Waals surface area (Å²) in [5, 5.41) is 6.51. The van der Waals surface area contributed by atoms with Crippen LogP contribution in [0, 0.1) is 11.8 Å². The van der Waals surface area contributed by atoms with Crippen LogP contribution in [0.1, 0.15) is 47.5 Å². The molecule has 2 unspecified atom stereocenters. The number of nitrogens with zero attached hydrogens (tertiary/aromatic N) is 1. The molecule has 130 valence electrons. The SMILES string of the molecule is CC(C)C(CNC(=O)OC(C)(C)C)NCC1CCCN(C)C1. The minimum absolute atomic E-state index is 0.278. The maximum atomic E-state index is 11.8. The van der Waals surface area contributed by atoms with E-state index in [9.17, 15) is 4.79 Å². The molecule has 22 heavy (non-hydrogen) atoms. The molecule has 0 radical (unpaired) electrons. The third kappa shape index (κ3) is 7.99. The van der Waals surface area contributed by atoms with Crippen molar-refractivity contribution in [1.29, 1.82) is 0 Å². The van der Waals surface area contributed by atoms with Crippen LogP contribution in [0.3, 0.4) is 0 Å². The lowest BCUT2D eigenvalue weighted by Crippen LogP contribution is -2.48. The predicted octanol–water partition coefficient (Wildman–Crippen LogP) is 2.47. The van der Waals surface area contributed by atoms with Crippen molar-refractivity contribution in [3.63, 3.8) is 0 Å². The summed E-state index contributed by atoms with van der Waals surface area (Å²) in [7, 11) is 2.19. The van der Waals surface area contributed by atoms with Crippen LogP contribution < -0.4 is 10.6 Å². The Morgan fingerprint density at radius 3 is 2.59 bits per heavy atom. The number of nitrogens with one attached hydrogen (secondary N) is 2. The zero-order valence-electron chi connectivity index (χ0n) is 15.2. The summed E-state index contributed by atoms with van der Waals surface area (Å²) in [6.07, 6.45) is 2.24. The zero-order valence-corrected chi connectivity index (χ0v) is 15.2. The molecule has 0 aromatic rings. The lowest BCUT2D eigenvalue weighted by atomic mass is 9.97. The van der Waals surface area contributed by atoms with Gasteiger partial charge in [-0.2, -0.15) is 0 Å². The molecule has 0 aliphatic carbocycles. The number of piperidine rings is 1. The average Bonchev–Trinajstić information content (AvgIpc) is 2.36. The molecule has 1 amide bonds. The standard InChI is InChI=1S/C17H35N3O2/c1-13(2)15(11-19-16(21)22-17(3,4)5)18-10-14-8-7-9-20(6)12-14/h13-15,18H,7-12H2,1-6H3,(H,19,21). The van der Waals surface area contributed by atoms with E-state index in [-0.39, 0.29) is 12.1 Å². The molecule has 1 heterocycles. The molecule has 0 aromatic carbocycles. The van der Waals surface area contributed by atoms with Crippen molar-refractivity contribution in [3.05, 3.63) is 0 Å². The fourth-order valence-electron chi connectivity index (χ4n) is 2.81. The molecule has 0 bridgehead atoms. The zero-order chi connectivity index (χ0) is 16.8. The Bertz CT molecular complexity index is 339. The summed E-state index contributed by atoms with van der Waals surface area (Å²) in [6, 6.07) is 0.278. The van der Waals surface area contributed by atoms with Crippen molar-refractivity contribution < 1.29 is 9.53 Å². The van der Waals surface area contributed by atoms with E-state index in [1.54, 1.807) is 0 Å². The third-order valence-corrected chi connectivity index (χ3v) is 4.06. The van der Waals surface area contributed by atoms with Gasteiger partial charge in [0, 0.05) is 19.1 Å². The average molecular weight is 313 g/mol. The van der Waals surface area contributed by atoms with E-state index in [0.29, 0.717) is 18.4 Å². The minimum atomic E-state index is -0.447. The number of alkyl carbamates (subject to hydrolysis) is 1. The first-order chi connectivity index (χ1) is 10.2. The second-order valence-electron chi connectivity index (χ2n) is 7.91. The van der Waals surface area contributed by atoms with Crippen molar-refractivity contribution in [2.24, 2.45) is 11.8 Å². The van der Waals surface area contributed by atoms with Gasteiger partial charge in [0.05, 0.1) is 0 Å². The summed E-state index contributed by atoms with van der Waals surface area (Å²) >= 11 is 0. The van der Waals surface area contributed by atoms with Gasteiger partial charge in [-0.1, -0.05) is 13.8 Å². The first-order valence-electron chi connectivity index (χ1n) is 8.56. The van der Waals surface area contributed by atoms with Gasteiger partial charge in [-0.25, -0.2) is 4.79 Å². The van der Waals surface area contributed by atoms with Gasteiger partial charge in [0.2, 0.25) is 0 Å². The van der Waals surface area contributed by atoms with E-state index in [1.807, 2.05) is 20.8 Å². The quantitative estimate of drug-likeness (QED) is 0.791. The van der Waals surface area contributed by atoms with Crippen molar-refractivity contribution in [1.82, 2.24) is 15.5 Å². The number of amides is 1. The van der Waals surface area contributed by atoms with Gasteiger partial charge in [-0.15, -0.1) is 0 Å². The summed E-state index contributed by atoms with van der Waals surface area (Å²) in [5.74, 6) is 1.18. The Hall–Kier alpha value is -0.810. The summed E-state index contributed by atoms with van der Waals surface area (Å²) in [6.45, 7) is 14.0. The van der Waals surface area contributed by atoms with E-state index in [0.717, 1.165) is 13.1 Å². The van der Waals surface area contributed by atoms with Crippen LogP contribution in [-0.2, 0) is 4.74 Å². The van der Waals surface area contributed by atoms with Gasteiger partial charge in [0.25, 0.3) is 0 Å². The Kier molecular flexibility index (Phi) is 7.63. The molecule has 1 aliphatic heterocycles. The molecular formula is C17H35N3O2. The topological polar surface area (TPSA) is 53.6 Å². The van der Waals surface area contributed by atoms with E-state index >= 15 is 0 Å². The van der Waals surface area contributed by atoms with E-state index in [2.05, 4.69) is 36.4 Å². The van der Waals surface area contributed by atoms with Gasteiger partial charge < -0.3 is 20.3 Å². The molecule has 0 saturated carbocycles. The van der Waals surface area contributed by atoms with Crippen LogP contribution in [0.15, 0.2) is 0 Å². The van der Waals surface area contributed by atoms with E-state index in [4.69, 9.17) is 4.74 Å². The summed E-state index contributed by atoms with van der Waals surface area (Å²) in [4.78, 5) is 14.2. The number of carbonyl (C=O) groups is 1. The van der Waals surface area contributed by atoms with Crippen molar-refractivity contribution >= 4 is 6.09 Å². The lowest BCUT2D eigenvalue weighted by Gasteiger charge is -2.32. The predicted molar refractivity (Wildman–Crippen MR) is 91.1 cm³/mol. The molecule has 2 N–H and O–H groups in total. The van der Waals surface area contributed by atoms with Crippen LogP contribution >= 0.6 is 0 Å². The highest BCUT2D eigenvalue weighted by atomic mass is 16.6. The minimum Gasteiger partial charge on any atom is -0.444 e. The molecule has 1 rings (SSSR count). The van der Waals surface area contributed by atoms with Crippen molar-refractivity contribution in [2.75, 3.05) is 33.2 Å². The van der Waals surface area contributed by atoms with Crippen LogP contribution in [-0.4, -0.2) is 55.9 Å². The van der Waals surface area contributed by atoms with Crippen LogP contribution in [0.4, 0.5) is 4.79 Å². The third-order valence-electron chi connectivity index (χ3n) is 4.06. The summed E-state index contributed by atoms with van der Waals surface area (Å²) in [5.41, 5.74) is -0.447. The molecule has 5 heteroatoms.